The number of rotatable bonds is 4. The highest BCUT2D eigenvalue weighted by atomic mass is 32.2. The van der Waals surface area contributed by atoms with E-state index in [-0.39, 0.29) is 22.0 Å². The first-order valence-corrected chi connectivity index (χ1v) is 5.93. The second-order valence-corrected chi connectivity index (χ2v) is 4.55. The lowest BCUT2D eigenvalue weighted by molar-refractivity contribution is -0.396. The molecule has 0 spiro atoms. The summed E-state index contributed by atoms with van der Waals surface area (Å²) in [6.07, 6.45) is 0. The molecule has 100 valence electrons. The van der Waals surface area contributed by atoms with Crippen LogP contribution in [0.15, 0.2) is 44.7 Å². The number of furan rings is 1. The van der Waals surface area contributed by atoms with Gasteiger partial charge in [0, 0.05) is 6.07 Å². The summed E-state index contributed by atoms with van der Waals surface area (Å²) in [6.45, 7) is 0. The number of nitrogens with zero attached hydrogens (tertiary/aromatic N) is 3. The van der Waals surface area contributed by atoms with Gasteiger partial charge in [-0.05, 0) is 30.0 Å². The van der Waals surface area contributed by atoms with E-state index in [1.165, 1.54) is 24.3 Å². The summed E-state index contributed by atoms with van der Waals surface area (Å²) in [6, 6.07) is 8.04. The van der Waals surface area contributed by atoms with Gasteiger partial charge in [-0.1, -0.05) is 0 Å². The molecule has 0 atom stereocenters. The van der Waals surface area contributed by atoms with Crippen LogP contribution in [0.2, 0.25) is 0 Å². The highest BCUT2D eigenvalue weighted by molar-refractivity contribution is 7.99. The van der Waals surface area contributed by atoms with E-state index in [2.05, 4.69) is 0 Å². The predicted octanol–water partition coefficient (Wildman–Crippen LogP) is 3.12. The summed E-state index contributed by atoms with van der Waals surface area (Å²) in [5.74, 6) is 0.0806. The number of nitro benzene ring substituents is 2. The van der Waals surface area contributed by atoms with Crippen molar-refractivity contribution in [3.8, 4) is 6.07 Å². The number of nitro groups is 2. The number of nitriles is 1. The molecule has 0 bridgehead atoms. The zero-order valence-corrected chi connectivity index (χ0v) is 10.5. The normalized spacial score (nSPS) is 9.95. The topological polar surface area (TPSA) is 123 Å². The smallest absolute Gasteiger partial charge is 0.290 e. The second kappa shape index (κ2) is 5.41. The van der Waals surface area contributed by atoms with Gasteiger partial charge in [0.2, 0.25) is 5.76 Å². The molecule has 0 aliphatic carbocycles. The van der Waals surface area contributed by atoms with Crippen LogP contribution in [0.25, 0.3) is 0 Å². The van der Waals surface area contributed by atoms with Crippen molar-refractivity contribution in [2.24, 2.45) is 0 Å². The standard InChI is InChI=1S/C11H5N3O5S/c12-6-8-2-4-11(19-8)20-10-3-1-7(13(15)16)5-9(10)14(17)18/h1-5H. The van der Waals surface area contributed by atoms with E-state index in [1.807, 2.05) is 0 Å². The summed E-state index contributed by atoms with van der Waals surface area (Å²) in [5.41, 5.74) is -0.752. The molecule has 1 aromatic carbocycles. The van der Waals surface area contributed by atoms with E-state index in [0.717, 1.165) is 17.8 Å². The second-order valence-electron chi connectivity index (χ2n) is 3.50. The minimum Gasteiger partial charge on any atom is -0.439 e. The van der Waals surface area contributed by atoms with E-state index < -0.39 is 9.85 Å². The van der Waals surface area contributed by atoms with Crippen molar-refractivity contribution in [1.82, 2.24) is 0 Å². The fourth-order valence-electron chi connectivity index (χ4n) is 1.39. The molecule has 2 rings (SSSR count). The van der Waals surface area contributed by atoms with Gasteiger partial charge >= 0.3 is 0 Å². The van der Waals surface area contributed by atoms with Crippen LogP contribution >= 0.6 is 11.8 Å². The zero-order chi connectivity index (χ0) is 14.7. The van der Waals surface area contributed by atoms with Crippen LogP contribution in [-0.2, 0) is 0 Å². The van der Waals surface area contributed by atoms with Gasteiger partial charge in [-0.25, -0.2) is 0 Å². The van der Waals surface area contributed by atoms with Gasteiger partial charge in [-0.2, -0.15) is 5.26 Å². The molecule has 8 nitrogen and oxygen atoms in total. The molecule has 20 heavy (non-hydrogen) atoms. The van der Waals surface area contributed by atoms with Crippen molar-refractivity contribution in [1.29, 1.82) is 5.26 Å². The molecule has 0 aliphatic rings. The molecule has 1 heterocycles. The highest BCUT2D eigenvalue weighted by Crippen LogP contribution is 2.37. The predicted molar refractivity (Wildman–Crippen MR) is 67.3 cm³/mol. The van der Waals surface area contributed by atoms with Crippen molar-refractivity contribution in [2.75, 3.05) is 0 Å². The van der Waals surface area contributed by atoms with Crippen LogP contribution < -0.4 is 0 Å². The van der Waals surface area contributed by atoms with Gasteiger partial charge in [0.1, 0.15) is 6.07 Å². The van der Waals surface area contributed by atoms with Gasteiger partial charge in [-0.15, -0.1) is 0 Å². The molecule has 1 aromatic heterocycles. The molecular weight excluding hydrogens is 286 g/mol. The third-order valence-electron chi connectivity index (χ3n) is 2.25. The van der Waals surface area contributed by atoms with E-state index in [0.29, 0.717) is 5.09 Å². The Hall–Kier alpha value is -2.86. The van der Waals surface area contributed by atoms with E-state index in [4.69, 9.17) is 9.68 Å². The maximum absolute atomic E-state index is 10.9. The Kier molecular flexibility index (Phi) is 3.67. The molecule has 0 fully saturated rings. The number of hydrogen-bond acceptors (Lipinski definition) is 7. The summed E-state index contributed by atoms with van der Waals surface area (Å²) in [4.78, 5) is 20.3. The van der Waals surface area contributed by atoms with Crippen LogP contribution in [0.5, 0.6) is 0 Å². The first-order valence-electron chi connectivity index (χ1n) is 5.12. The van der Waals surface area contributed by atoms with Crippen LogP contribution in [0.4, 0.5) is 11.4 Å². The Morgan fingerprint density at radius 2 is 1.90 bits per heavy atom. The Balaban J connectivity index is 2.38. The van der Waals surface area contributed by atoms with Crippen molar-refractivity contribution in [3.63, 3.8) is 0 Å². The number of hydrogen-bond donors (Lipinski definition) is 0. The van der Waals surface area contributed by atoms with E-state index in [9.17, 15) is 20.2 Å². The minimum absolute atomic E-state index is 0.0806. The lowest BCUT2D eigenvalue weighted by Gasteiger charge is -2.00. The SMILES string of the molecule is N#Cc1ccc(Sc2ccc([N+](=O)[O-])cc2[N+](=O)[O-])o1. The van der Waals surface area contributed by atoms with Crippen LogP contribution in [-0.4, -0.2) is 9.85 Å². The highest BCUT2D eigenvalue weighted by Gasteiger charge is 2.21. The molecule has 0 saturated carbocycles. The average molecular weight is 291 g/mol. The van der Waals surface area contributed by atoms with Gasteiger partial charge in [0.05, 0.1) is 20.8 Å². The number of non-ortho nitro benzene ring substituents is 1. The molecule has 0 aliphatic heterocycles. The Morgan fingerprint density at radius 1 is 1.15 bits per heavy atom. The first kappa shape index (κ1) is 13.6. The summed E-state index contributed by atoms with van der Waals surface area (Å²) < 4.78 is 5.09. The summed E-state index contributed by atoms with van der Waals surface area (Å²) in [5, 5.41) is 30.5. The number of benzene rings is 1. The van der Waals surface area contributed by atoms with Gasteiger partial charge in [0.15, 0.2) is 5.09 Å². The molecule has 0 N–H and O–H groups in total. The fourth-order valence-corrected chi connectivity index (χ4v) is 2.25. The van der Waals surface area contributed by atoms with E-state index in [1.54, 1.807) is 6.07 Å². The van der Waals surface area contributed by atoms with Gasteiger partial charge in [-0.3, -0.25) is 20.2 Å². The van der Waals surface area contributed by atoms with E-state index >= 15 is 0 Å². The first-order chi connectivity index (χ1) is 9.51. The quantitative estimate of drug-likeness (QED) is 0.626. The molecular formula is C11H5N3O5S. The Bertz CT molecular complexity index is 734. The summed E-state index contributed by atoms with van der Waals surface area (Å²) >= 11 is 0.917. The maximum Gasteiger partial charge on any atom is 0.290 e. The van der Waals surface area contributed by atoms with Crippen molar-refractivity contribution < 1.29 is 14.3 Å². The minimum atomic E-state index is -0.706. The lowest BCUT2D eigenvalue weighted by atomic mass is 10.3. The Labute approximate surface area is 115 Å². The molecule has 0 saturated heterocycles. The molecule has 0 radical (unpaired) electrons. The summed E-state index contributed by atoms with van der Waals surface area (Å²) in [7, 11) is 0. The van der Waals surface area contributed by atoms with Crippen LogP contribution in [0, 0.1) is 31.6 Å². The monoisotopic (exact) mass is 291 g/mol. The Morgan fingerprint density at radius 3 is 2.45 bits per heavy atom. The van der Waals surface area contributed by atoms with Gasteiger partial charge < -0.3 is 4.42 Å². The largest absolute Gasteiger partial charge is 0.439 e. The lowest BCUT2D eigenvalue weighted by Crippen LogP contribution is -1.94. The third kappa shape index (κ3) is 2.76. The third-order valence-corrected chi connectivity index (χ3v) is 3.24. The molecule has 9 heteroatoms. The molecule has 0 unspecified atom stereocenters. The van der Waals surface area contributed by atoms with Crippen LogP contribution in [0.3, 0.4) is 0 Å². The van der Waals surface area contributed by atoms with Crippen molar-refractivity contribution in [2.45, 2.75) is 9.99 Å². The fraction of sp³-hybridized carbons (Fsp3) is 0. The average Bonchev–Trinajstić information content (AvgIpc) is 2.86. The van der Waals surface area contributed by atoms with Crippen LogP contribution in [0.1, 0.15) is 5.76 Å². The maximum atomic E-state index is 10.9. The van der Waals surface area contributed by atoms with Crippen molar-refractivity contribution in [3.05, 3.63) is 56.3 Å². The van der Waals surface area contributed by atoms with Gasteiger partial charge in [0.25, 0.3) is 11.4 Å². The zero-order valence-electron chi connectivity index (χ0n) is 9.68. The molecule has 2 aromatic rings. The van der Waals surface area contributed by atoms with Crippen molar-refractivity contribution >= 4 is 23.1 Å². The molecule has 0 amide bonds.